The van der Waals surface area contributed by atoms with Crippen molar-refractivity contribution in [3.8, 4) is 0 Å². The van der Waals surface area contributed by atoms with Gasteiger partial charge >= 0.3 is 6.03 Å². The summed E-state index contributed by atoms with van der Waals surface area (Å²) in [6.45, 7) is 5.88. The Morgan fingerprint density at radius 1 is 1.40 bits per heavy atom. The van der Waals surface area contributed by atoms with E-state index < -0.39 is 5.91 Å². The Bertz CT molecular complexity index is 537. The average molecular weight is 295 g/mol. The molecule has 1 aliphatic rings. The minimum atomic E-state index is -0.462. The Morgan fingerprint density at radius 3 is 2.70 bits per heavy atom. The Labute approximate surface area is 122 Å². The van der Waals surface area contributed by atoms with Crippen molar-refractivity contribution in [2.45, 2.75) is 52.0 Å². The molecule has 0 radical (unpaired) electrons. The lowest BCUT2D eigenvalue weighted by Gasteiger charge is -2.19. The zero-order chi connectivity index (χ0) is 14.9. The first-order chi connectivity index (χ1) is 9.40. The fourth-order valence-electron chi connectivity index (χ4n) is 2.65. The summed E-state index contributed by atoms with van der Waals surface area (Å²) in [5.41, 5.74) is 7.05. The summed E-state index contributed by atoms with van der Waals surface area (Å²) in [5, 5.41) is 6.10. The van der Waals surface area contributed by atoms with Gasteiger partial charge in [0.1, 0.15) is 5.00 Å². The second kappa shape index (κ2) is 5.83. The molecule has 1 atom stereocenters. The lowest BCUT2D eigenvalue weighted by Crippen LogP contribution is -2.34. The molecule has 0 spiro atoms. The van der Waals surface area contributed by atoms with Gasteiger partial charge in [-0.25, -0.2) is 4.79 Å². The smallest absolute Gasteiger partial charge is 0.320 e. The molecule has 4 N–H and O–H groups in total. The normalized spacial score (nSPS) is 17.7. The van der Waals surface area contributed by atoms with E-state index in [1.165, 1.54) is 16.2 Å². The van der Waals surface area contributed by atoms with Crippen molar-refractivity contribution in [3.63, 3.8) is 0 Å². The number of nitrogens with one attached hydrogen (secondary N) is 2. The van der Waals surface area contributed by atoms with Gasteiger partial charge in [0, 0.05) is 10.9 Å². The number of primary amides is 1. The van der Waals surface area contributed by atoms with Crippen molar-refractivity contribution in [2.24, 2.45) is 5.73 Å². The topological polar surface area (TPSA) is 84.2 Å². The molecule has 1 aliphatic carbocycles. The number of urea groups is 1. The van der Waals surface area contributed by atoms with Gasteiger partial charge in [0.15, 0.2) is 0 Å². The van der Waals surface area contributed by atoms with Crippen LogP contribution in [0.5, 0.6) is 0 Å². The van der Waals surface area contributed by atoms with Crippen molar-refractivity contribution in [2.75, 3.05) is 5.32 Å². The number of carbonyl (C=O) groups is 2. The molecule has 1 unspecified atom stereocenters. The van der Waals surface area contributed by atoms with Gasteiger partial charge in [-0.15, -0.1) is 11.3 Å². The molecule has 1 aromatic rings. The van der Waals surface area contributed by atoms with Crippen LogP contribution in [-0.2, 0) is 6.42 Å². The van der Waals surface area contributed by atoms with E-state index in [9.17, 15) is 9.59 Å². The first-order valence-corrected chi connectivity index (χ1v) is 7.74. The van der Waals surface area contributed by atoms with Crippen molar-refractivity contribution < 1.29 is 9.59 Å². The summed E-state index contributed by atoms with van der Waals surface area (Å²) >= 11 is 1.48. The summed E-state index contributed by atoms with van der Waals surface area (Å²) in [5.74, 6) is -0.141. The predicted molar refractivity (Wildman–Crippen MR) is 81.5 cm³/mol. The second-order valence-corrected chi connectivity index (χ2v) is 6.66. The summed E-state index contributed by atoms with van der Waals surface area (Å²) in [4.78, 5) is 24.8. The van der Waals surface area contributed by atoms with Crippen molar-refractivity contribution in [1.82, 2.24) is 5.32 Å². The maximum absolute atomic E-state index is 11.8. The molecule has 0 fully saturated rings. The molecular formula is C14H21N3O2S. The van der Waals surface area contributed by atoms with E-state index in [1.807, 2.05) is 13.8 Å². The summed E-state index contributed by atoms with van der Waals surface area (Å²) in [7, 11) is 0. The number of hydrogen-bond donors (Lipinski definition) is 3. The van der Waals surface area contributed by atoms with Gasteiger partial charge in [-0.3, -0.25) is 10.1 Å². The number of anilines is 1. The molecular weight excluding hydrogens is 274 g/mol. The van der Waals surface area contributed by atoms with Crippen molar-refractivity contribution in [1.29, 1.82) is 0 Å². The van der Waals surface area contributed by atoms with E-state index in [4.69, 9.17) is 5.73 Å². The fourth-order valence-corrected chi connectivity index (χ4v) is 4.01. The number of aryl methyl sites for hydroxylation is 1. The molecule has 5 nitrogen and oxygen atoms in total. The lowest BCUT2D eigenvalue weighted by molar-refractivity contribution is 0.1000. The van der Waals surface area contributed by atoms with E-state index in [0.29, 0.717) is 16.5 Å². The number of nitrogens with two attached hydrogens (primary N) is 1. The molecule has 0 aromatic carbocycles. The van der Waals surface area contributed by atoms with Crippen LogP contribution in [0.4, 0.5) is 9.80 Å². The van der Waals surface area contributed by atoms with Crippen LogP contribution in [0, 0.1) is 0 Å². The highest BCUT2D eigenvalue weighted by atomic mass is 32.1. The molecule has 2 rings (SSSR count). The van der Waals surface area contributed by atoms with Crippen LogP contribution in [0.2, 0.25) is 0 Å². The first kappa shape index (κ1) is 14.8. The average Bonchev–Trinajstić information content (AvgIpc) is 2.67. The molecule has 20 heavy (non-hydrogen) atoms. The third-order valence-corrected chi connectivity index (χ3v) is 4.63. The van der Waals surface area contributed by atoms with Gasteiger partial charge in [0.2, 0.25) is 0 Å². The van der Waals surface area contributed by atoms with Gasteiger partial charge in [-0.05, 0) is 44.6 Å². The Hall–Kier alpha value is -1.56. The number of thiophene rings is 1. The van der Waals surface area contributed by atoms with E-state index in [2.05, 4.69) is 17.6 Å². The van der Waals surface area contributed by atoms with E-state index in [1.54, 1.807) is 0 Å². The quantitative estimate of drug-likeness (QED) is 0.801. The number of amides is 3. The minimum absolute atomic E-state index is 0.0422. The molecule has 6 heteroatoms. The van der Waals surface area contributed by atoms with Crippen LogP contribution in [0.25, 0.3) is 0 Å². The van der Waals surface area contributed by atoms with Crippen LogP contribution in [0.1, 0.15) is 60.3 Å². The maximum Gasteiger partial charge on any atom is 0.320 e. The molecule has 0 bridgehead atoms. The standard InChI is InChI=1S/C14H21N3O2S/c1-7(2)16-14(19)17-13-11(12(15)18)10-8(3)5-4-6-9(10)20-13/h7-8H,4-6H2,1-3H3,(H2,15,18)(H2,16,17,19). The third kappa shape index (κ3) is 2.95. The highest BCUT2D eigenvalue weighted by Gasteiger charge is 2.28. The summed E-state index contributed by atoms with van der Waals surface area (Å²) in [6.07, 6.45) is 3.13. The number of rotatable bonds is 3. The van der Waals surface area contributed by atoms with Crippen molar-refractivity contribution in [3.05, 3.63) is 16.0 Å². The summed E-state index contributed by atoms with van der Waals surface area (Å²) in [6, 6.07) is -0.255. The largest absolute Gasteiger partial charge is 0.365 e. The molecule has 1 aromatic heterocycles. The lowest BCUT2D eigenvalue weighted by atomic mass is 9.86. The second-order valence-electron chi connectivity index (χ2n) is 5.55. The Kier molecular flexibility index (Phi) is 4.32. The molecule has 1 heterocycles. The maximum atomic E-state index is 11.8. The van der Waals surface area contributed by atoms with Crippen LogP contribution >= 0.6 is 11.3 Å². The van der Waals surface area contributed by atoms with Crippen LogP contribution in [0.3, 0.4) is 0 Å². The number of fused-ring (bicyclic) bond motifs is 1. The van der Waals surface area contributed by atoms with Gasteiger partial charge in [-0.1, -0.05) is 6.92 Å². The monoisotopic (exact) mass is 295 g/mol. The van der Waals surface area contributed by atoms with Crippen molar-refractivity contribution >= 4 is 28.3 Å². The van der Waals surface area contributed by atoms with E-state index in [-0.39, 0.29) is 12.1 Å². The van der Waals surface area contributed by atoms with E-state index >= 15 is 0 Å². The Morgan fingerprint density at radius 2 is 2.10 bits per heavy atom. The van der Waals surface area contributed by atoms with Crippen LogP contribution in [-0.4, -0.2) is 18.0 Å². The zero-order valence-corrected chi connectivity index (χ0v) is 12.9. The van der Waals surface area contributed by atoms with Gasteiger partial charge in [-0.2, -0.15) is 0 Å². The van der Waals surface area contributed by atoms with Gasteiger partial charge in [0.25, 0.3) is 5.91 Å². The van der Waals surface area contributed by atoms with Crippen LogP contribution in [0.15, 0.2) is 0 Å². The molecule has 0 saturated heterocycles. The zero-order valence-electron chi connectivity index (χ0n) is 12.1. The minimum Gasteiger partial charge on any atom is -0.365 e. The van der Waals surface area contributed by atoms with E-state index in [0.717, 1.165) is 24.8 Å². The third-order valence-electron chi connectivity index (χ3n) is 3.45. The first-order valence-electron chi connectivity index (χ1n) is 6.93. The molecule has 0 aliphatic heterocycles. The number of hydrogen-bond acceptors (Lipinski definition) is 3. The highest BCUT2D eigenvalue weighted by Crippen LogP contribution is 2.43. The molecule has 110 valence electrons. The number of carbonyl (C=O) groups excluding carboxylic acids is 2. The fraction of sp³-hybridized carbons (Fsp3) is 0.571. The molecule has 0 saturated carbocycles. The van der Waals surface area contributed by atoms with Gasteiger partial charge < -0.3 is 11.1 Å². The molecule has 3 amide bonds. The predicted octanol–water partition coefficient (Wildman–Crippen LogP) is 2.82. The summed E-state index contributed by atoms with van der Waals surface area (Å²) < 4.78 is 0. The highest BCUT2D eigenvalue weighted by molar-refractivity contribution is 7.17. The van der Waals surface area contributed by atoms with Gasteiger partial charge in [0.05, 0.1) is 5.56 Å². The SMILES string of the molecule is CC(C)NC(=O)Nc1sc2c(c1C(N)=O)C(C)CCC2. The Balaban J connectivity index is 2.33. The van der Waals surface area contributed by atoms with Crippen LogP contribution < -0.4 is 16.4 Å².